The maximum absolute atomic E-state index is 13.5. The van der Waals surface area contributed by atoms with Gasteiger partial charge in [-0.05, 0) is 43.1 Å². The Morgan fingerprint density at radius 3 is 2.48 bits per heavy atom. The smallest absolute Gasteiger partial charge is 0.280 e. The van der Waals surface area contributed by atoms with Crippen LogP contribution in [0.25, 0.3) is 5.78 Å². The fourth-order valence-electron chi connectivity index (χ4n) is 4.14. The van der Waals surface area contributed by atoms with E-state index in [1.54, 1.807) is 21.3 Å². The van der Waals surface area contributed by atoms with Gasteiger partial charge in [0.05, 0.1) is 27.0 Å². The fraction of sp³-hybridized carbons (Fsp3) is 0.476. The molecule has 0 radical (unpaired) electrons. The first-order valence-corrected chi connectivity index (χ1v) is 10.0. The summed E-state index contributed by atoms with van der Waals surface area (Å²) < 4.78 is 44.4. The largest absolute Gasteiger partial charge is 0.493 e. The average Bonchev–Trinajstić information content (AvgIpc) is 3.26. The van der Waals surface area contributed by atoms with Crippen molar-refractivity contribution in [1.82, 2.24) is 24.5 Å². The molecule has 1 atom stereocenters. The number of ether oxygens (including phenoxy) is 3. The Kier molecular flexibility index (Phi) is 6.17. The van der Waals surface area contributed by atoms with E-state index in [0.717, 1.165) is 29.5 Å². The zero-order valence-corrected chi connectivity index (χ0v) is 17.7. The molecule has 3 heterocycles. The highest BCUT2D eigenvalue weighted by molar-refractivity contribution is 5.53. The molecular formula is C21H25F2N5O3. The van der Waals surface area contributed by atoms with Crippen LogP contribution in [0.1, 0.15) is 42.1 Å². The average molecular weight is 433 g/mol. The predicted molar refractivity (Wildman–Crippen MR) is 109 cm³/mol. The Bertz CT molecular complexity index is 1030. The number of halogens is 2. The van der Waals surface area contributed by atoms with Gasteiger partial charge in [-0.25, -0.2) is 13.8 Å². The summed E-state index contributed by atoms with van der Waals surface area (Å²) in [5.41, 5.74) is 1.47. The summed E-state index contributed by atoms with van der Waals surface area (Å²) in [7, 11) is 4.75. The number of hydrogen-bond donors (Lipinski definition) is 0. The molecule has 1 aliphatic rings. The molecule has 0 aliphatic carbocycles. The molecule has 8 nitrogen and oxygen atoms in total. The molecule has 3 aromatic rings. The lowest BCUT2D eigenvalue weighted by atomic mass is 9.93. The third-order valence-electron chi connectivity index (χ3n) is 5.58. The van der Waals surface area contributed by atoms with Crippen molar-refractivity contribution < 1.29 is 23.0 Å². The van der Waals surface area contributed by atoms with E-state index in [0.29, 0.717) is 36.0 Å². The van der Waals surface area contributed by atoms with Gasteiger partial charge in [0.2, 0.25) is 5.75 Å². The third-order valence-corrected chi connectivity index (χ3v) is 5.58. The van der Waals surface area contributed by atoms with Gasteiger partial charge in [0.15, 0.2) is 11.5 Å². The van der Waals surface area contributed by atoms with Crippen molar-refractivity contribution in [2.24, 2.45) is 0 Å². The number of nitrogens with zero attached hydrogens (tertiary/aromatic N) is 5. The van der Waals surface area contributed by atoms with Crippen LogP contribution in [-0.2, 0) is 6.54 Å². The van der Waals surface area contributed by atoms with Crippen LogP contribution in [-0.4, -0.2) is 58.9 Å². The Morgan fingerprint density at radius 2 is 1.84 bits per heavy atom. The molecule has 1 aromatic carbocycles. The lowest BCUT2D eigenvalue weighted by Crippen LogP contribution is -2.34. The van der Waals surface area contributed by atoms with Crippen LogP contribution in [0.3, 0.4) is 0 Å². The number of likely N-dealkylation sites (tertiary alicyclic amines) is 1. The van der Waals surface area contributed by atoms with Crippen LogP contribution >= 0.6 is 0 Å². The van der Waals surface area contributed by atoms with Gasteiger partial charge in [-0.15, -0.1) is 0 Å². The van der Waals surface area contributed by atoms with Gasteiger partial charge in [-0.2, -0.15) is 14.6 Å². The van der Waals surface area contributed by atoms with E-state index in [-0.39, 0.29) is 17.4 Å². The van der Waals surface area contributed by atoms with Gasteiger partial charge >= 0.3 is 0 Å². The number of alkyl halides is 2. The molecule has 1 aliphatic heterocycles. The summed E-state index contributed by atoms with van der Waals surface area (Å²) in [6.07, 6.45) is 0.421. The third kappa shape index (κ3) is 4.25. The normalized spacial score (nSPS) is 17.3. The first-order chi connectivity index (χ1) is 15.0. The molecule has 0 N–H and O–H groups in total. The van der Waals surface area contributed by atoms with Crippen LogP contribution in [0.4, 0.5) is 8.78 Å². The minimum atomic E-state index is -2.65. The molecule has 0 spiro atoms. The first kappa shape index (κ1) is 21.2. The molecule has 1 saturated heterocycles. The van der Waals surface area contributed by atoms with Crippen molar-refractivity contribution in [2.45, 2.75) is 31.7 Å². The number of aromatic nitrogens is 4. The maximum atomic E-state index is 13.5. The van der Waals surface area contributed by atoms with Crippen LogP contribution in [0.5, 0.6) is 17.2 Å². The van der Waals surface area contributed by atoms with Gasteiger partial charge in [0.1, 0.15) is 12.0 Å². The number of piperidine rings is 1. The minimum Gasteiger partial charge on any atom is -0.493 e. The van der Waals surface area contributed by atoms with Crippen LogP contribution in [0.2, 0.25) is 0 Å². The summed E-state index contributed by atoms with van der Waals surface area (Å²) >= 11 is 0. The molecular weight excluding hydrogens is 408 g/mol. The first-order valence-electron chi connectivity index (χ1n) is 10.0. The van der Waals surface area contributed by atoms with Crippen molar-refractivity contribution in [2.75, 3.05) is 34.4 Å². The SMILES string of the molecule is COc1cc(CN2CCC[C@@H](c3cc(C(F)F)n4ncnc4n3)C2)cc(OC)c1OC. The van der Waals surface area contributed by atoms with E-state index in [2.05, 4.69) is 20.0 Å². The summed E-state index contributed by atoms with van der Waals surface area (Å²) in [5.74, 6) is 2.00. The number of benzene rings is 1. The maximum Gasteiger partial charge on any atom is 0.280 e. The molecule has 0 amide bonds. The summed E-state index contributed by atoms with van der Waals surface area (Å²) in [6, 6.07) is 5.32. The molecule has 166 valence electrons. The second-order valence-corrected chi connectivity index (χ2v) is 7.49. The quantitative estimate of drug-likeness (QED) is 0.565. The van der Waals surface area contributed by atoms with Crippen molar-refractivity contribution in [3.05, 3.63) is 41.5 Å². The summed E-state index contributed by atoms with van der Waals surface area (Å²) in [6.45, 7) is 2.28. The molecule has 0 bridgehead atoms. The molecule has 1 fully saturated rings. The van der Waals surface area contributed by atoms with Crippen molar-refractivity contribution in [3.8, 4) is 17.2 Å². The van der Waals surface area contributed by atoms with Crippen molar-refractivity contribution >= 4 is 5.78 Å². The second kappa shape index (κ2) is 9.01. The zero-order valence-electron chi connectivity index (χ0n) is 17.7. The van der Waals surface area contributed by atoms with Crippen molar-refractivity contribution in [3.63, 3.8) is 0 Å². The highest BCUT2D eigenvalue weighted by Crippen LogP contribution is 2.39. The predicted octanol–water partition coefficient (Wildman–Crippen LogP) is 3.47. The molecule has 4 rings (SSSR count). The minimum absolute atomic E-state index is 0.0370. The number of fused-ring (bicyclic) bond motifs is 1. The zero-order chi connectivity index (χ0) is 22.0. The fourth-order valence-corrected chi connectivity index (χ4v) is 4.14. The Morgan fingerprint density at radius 1 is 1.10 bits per heavy atom. The number of hydrogen-bond acceptors (Lipinski definition) is 7. The summed E-state index contributed by atoms with van der Waals surface area (Å²) in [5, 5.41) is 3.86. The van der Waals surface area contributed by atoms with Gasteiger partial charge in [-0.1, -0.05) is 0 Å². The monoisotopic (exact) mass is 433 g/mol. The van der Waals surface area contributed by atoms with Gasteiger partial charge in [0.25, 0.3) is 12.2 Å². The van der Waals surface area contributed by atoms with Crippen LogP contribution < -0.4 is 14.2 Å². The molecule has 10 heteroatoms. The highest BCUT2D eigenvalue weighted by atomic mass is 19.3. The van der Waals surface area contributed by atoms with Gasteiger partial charge < -0.3 is 14.2 Å². The van der Waals surface area contributed by atoms with E-state index in [9.17, 15) is 8.78 Å². The Balaban J connectivity index is 1.57. The van der Waals surface area contributed by atoms with E-state index >= 15 is 0 Å². The van der Waals surface area contributed by atoms with E-state index in [1.165, 1.54) is 12.4 Å². The van der Waals surface area contributed by atoms with Gasteiger partial charge in [-0.3, -0.25) is 4.90 Å². The van der Waals surface area contributed by atoms with E-state index < -0.39 is 6.43 Å². The highest BCUT2D eigenvalue weighted by Gasteiger charge is 2.26. The Labute approximate surface area is 178 Å². The topological polar surface area (TPSA) is 74.0 Å². The van der Waals surface area contributed by atoms with Crippen molar-refractivity contribution in [1.29, 1.82) is 0 Å². The summed E-state index contributed by atoms with van der Waals surface area (Å²) in [4.78, 5) is 10.8. The Hall–Kier alpha value is -3.01. The van der Waals surface area contributed by atoms with E-state index in [1.807, 2.05) is 12.1 Å². The molecule has 0 unspecified atom stereocenters. The molecule has 2 aromatic heterocycles. The number of methoxy groups -OCH3 is 3. The lowest BCUT2D eigenvalue weighted by Gasteiger charge is -2.32. The van der Waals surface area contributed by atoms with Crippen LogP contribution in [0, 0.1) is 0 Å². The lowest BCUT2D eigenvalue weighted by molar-refractivity contribution is 0.142. The second-order valence-electron chi connectivity index (χ2n) is 7.49. The number of rotatable bonds is 7. The van der Waals surface area contributed by atoms with Crippen LogP contribution in [0.15, 0.2) is 24.5 Å². The molecule has 31 heavy (non-hydrogen) atoms. The molecule has 0 saturated carbocycles. The van der Waals surface area contributed by atoms with E-state index in [4.69, 9.17) is 14.2 Å². The standard InChI is InChI=1S/C21H25F2N5O3/c1-29-17-7-13(8-18(30-2)19(17)31-3)10-27-6-4-5-14(11-27)15-9-16(20(22)23)28-21(26-15)24-12-25-28/h7-9,12,14,20H,4-6,10-11H2,1-3H3/t14-/m1/s1. The van der Waals surface area contributed by atoms with Gasteiger partial charge in [0, 0.05) is 19.0 Å².